The lowest BCUT2D eigenvalue weighted by molar-refractivity contribution is -0.157. The zero-order valence-corrected chi connectivity index (χ0v) is 34.9. The number of hydrogen-bond acceptors (Lipinski definition) is 8. The van der Waals surface area contributed by atoms with E-state index in [1.807, 2.05) is 31.2 Å². The quantitative estimate of drug-likeness (QED) is 0.340. The van der Waals surface area contributed by atoms with Gasteiger partial charge in [0.2, 0.25) is 0 Å². The molecule has 6 aliphatic rings. The molecule has 8 atom stereocenters. The Morgan fingerprint density at radius 3 is 2.75 bits per heavy atom. The summed E-state index contributed by atoms with van der Waals surface area (Å²) in [6, 6.07) is 12.6. The van der Waals surface area contributed by atoms with Crippen molar-refractivity contribution in [2.75, 3.05) is 77.1 Å². The van der Waals surface area contributed by atoms with Crippen molar-refractivity contribution in [1.29, 1.82) is 0 Å². The van der Waals surface area contributed by atoms with Crippen molar-refractivity contribution in [1.82, 2.24) is 14.5 Å². The van der Waals surface area contributed by atoms with E-state index in [0.29, 0.717) is 30.0 Å². The number of ether oxygens (including phenoxy) is 3. The van der Waals surface area contributed by atoms with Crippen LogP contribution >= 0.6 is 11.6 Å². The van der Waals surface area contributed by atoms with Gasteiger partial charge in [0, 0.05) is 79.7 Å². The van der Waals surface area contributed by atoms with Crippen molar-refractivity contribution in [2.45, 2.75) is 101 Å². The molecule has 11 heteroatoms. The highest BCUT2D eigenvalue weighted by Gasteiger charge is 2.51. The highest BCUT2D eigenvalue weighted by atomic mass is 35.5. The first-order valence-electron chi connectivity index (χ1n) is 21.2. The summed E-state index contributed by atoms with van der Waals surface area (Å²) in [5.74, 6) is 5.51. The molecule has 1 unspecified atom stereocenters. The number of morpholine rings is 1. The van der Waals surface area contributed by atoms with Crippen LogP contribution in [0.5, 0.6) is 5.75 Å². The molecule has 2 aliphatic carbocycles. The van der Waals surface area contributed by atoms with Crippen molar-refractivity contribution >= 4 is 38.8 Å². The van der Waals surface area contributed by atoms with Crippen LogP contribution in [0.4, 0.5) is 5.69 Å². The Morgan fingerprint density at radius 2 is 1.93 bits per heavy atom. The molecule has 1 spiro atoms. The summed E-state index contributed by atoms with van der Waals surface area (Å²) in [6.07, 6.45) is 9.20. The van der Waals surface area contributed by atoms with Gasteiger partial charge in [-0.25, -0.2) is 4.21 Å². The van der Waals surface area contributed by atoms with Crippen LogP contribution < -0.4 is 14.4 Å². The number of benzene rings is 2. The molecule has 4 aliphatic heterocycles. The van der Waals surface area contributed by atoms with Crippen LogP contribution in [-0.4, -0.2) is 115 Å². The first-order chi connectivity index (χ1) is 26.5. The van der Waals surface area contributed by atoms with Gasteiger partial charge in [0.15, 0.2) is 0 Å². The van der Waals surface area contributed by atoms with E-state index in [1.54, 1.807) is 0 Å². The van der Waals surface area contributed by atoms with E-state index in [4.69, 9.17) is 25.8 Å². The number of hydrogen-bond donors (Lipinski definition) is 1. The number of halogens is 1. The van der Waals surface area contributed by atoms with E-state index in [-0.39, 0.29) is 28.1 Å². The van der Waals surface area contributed by atoms with E-state index in [1.165, 1.54) is 11.1 Å². The molecule has 1 amide bonds. The zero-order valence-electron chi connectivity index (χ0n) is 33.4. The Kier molecular flexibility index (Phi) is 11.6. The number of aryl methyl sites for hydroxylation is 1. The predicted molar refractivity (Wildman–Crippen MR) is 223 cm³/mol. The minimum Gasteiger partial charge on any atom is -0.490 e. The summed E-state index contributed by atoms with van der Waals surface area (Å²) < 4.78 is 37.1. The topological polar surface area (TPSA) is 83.6 Å². The average molecular weight is 796 g/mol. The number of rotatable bonds is 5. The molecule has 302 valence electrons. The number of carbonyl (C=O) groups excluding carboxylic acids is 1. The SMILES string of the molecule is C=S1(=O)NC(=O)c2ccc3c(c2)N(C[C@@H]2CC[C@H]2[C@](CN2CCN4CCOC[C@@H]4C2)(OCCC)CCC[C@H](C)[C@H]1C)C[C@@]1(CCCc2cc(Cl)ccc21)CO3. The second-order valence-corrected chi connectivity index (χ2v) is 20.7. The molecule has 8 rings (SSSR count). The third kappa shape index (κ3) is 7.94. The largest absolute Gasteiger partial charge is 0.490 e. The molecule has 4 heterocycles. The van der Waals surface area contributed by atoms with Gasteiger partial charge in [-0.05, 0) is 123 Å². The Labute approximate surface area is 334 Å². The lowest BCUT2D eigenvalue weighted by atomic mass is 9.62. The number of fused-ring (bicyclic) bond motifs is 5. The molecule has 1 N–H and O–H groups in total. The first kappa shape index (κ1) is 39.5. The van der Waals surface area contributed by atoms with Crippen LogP contribution in [-0.2, 0) is 31.0 Å². The van der Waals surface area contributed by atoms with Gasteiger partial charge in [-0.15, -0.1) is 0 Å². The van der Waals surface area contributed by atoms with Crippen molar-refractivity contribution in [3.05, 3.63) is 58.1 Å². The molecule has 2 aromatic rings. The summed E-state index contributed by atoms with van der Waals surface area (Å²) >= 11 is 6.55. The second kappa shape index (κ2) is 16.1. The molecule has 2 aromatic carbocycles. The fourth-order valence-corrected chi connectivity index (χ4v) is 12.6. The molecular formula is C44H63ClN4O5S. The Hall–Kier alpha value is -2.34. The van der Waals surface area contributed by atoms with Gasteiger partial charge in [-0.1, -0.05) is 37.9 Å². The van der Waals surface area contributed by atoms with Crippen LogP contribution in [0.2, 0.25) is 5.02 Å². The van der Waals surface area contributed by atoms with Gasteiger partial charge in [0.05, 0.1) is 40.8 Å². The van der Waals surface area contributed by atoms with Gasteiger partial charge in [0.1, 0.15) is 5.75 Å². The van der Waals surface area contributed by atoms with E-state index in [0.717, 1.165) is 140 Å². The van der Waals surface area contributed by atoms with Crippen molar-refractivity contribution in [2.24, 2.45) is 17.8 Å². The fourth-order valence-electron chi connectivity index (χ4n) is 10.9. The van der Waals surface area contributed by atoms with E-state index in [2.05, 4.69) is 51.3 Å². The van der Waals surface area contributed by atoms with Crippen molar-refractivity contribution in [3.8, 4) is 5.75 Å². The maximum atomic E-state index is 14.2. The Bertz CT molecular complexity index is 1830. The number of nitrogens with one attached hydrogen (secondary N) is 1. The monoisotopic (exact) mass is 794 g/mol. The van der Waals surface area contributed by atoms with Gasteiger partial charge in [-0.2, -0.15) is 0 Å². The van der Waals surface area contributed by atoms with Crippen LogP contribution in [0.1, 0.15) is 93.6 Å². The van der Waals surface area contributed by atoms with E-state index >= 15 is 0 Å². The van der Waals surface area contributed by atoms with Crippen LogP contribution in [0.25, 0.3) is 0 Å². The van der Waals surface area contributed by atoms with Gasteiger partial charge >= 0.3 is 0 Å². The van der Waals surface area contributed by atoms with E-state index < -0.39 is 9.71 Å². The van der Waals surface area contributed by atoms with Gasteiger partial charge < -0.3 is 19.1 Å². The van der Waals surface area contributed by atoms with E-state index in [9.17, 15) is 9.00 Å². The minimum absolute atomic E-state index is 0.113. The number of amides is 1. The normalized spacial score (nSPS) is 36.0. The third-order valence-corrected chi connectivity index (χ3v) is 16.8. The lowest BCUT2D eigenvalue weighted by Crippen LogP contribution is -2.63. The summed E-state index contributed by atoms with van der Waals surface area (Å²) in [4.78, 5) is 21.7. The van der Waals surface area contributed by atoms with Crippen molar-refractivity contribution in [3.63, 3.8) is 0 Å². The minimum atomic E-state index is -2.93. The summed E-state index contributed by atoms with van der Waals surface area (Å²) in [5, 5.41) is 0.490. The average Bonchev–Trinajstić information content (AvgIpc) is 3.31. The molecule has 3 fully saturated rings. The first-order valence-corrected chi connectivity index (χ1v) is 23.3. The van der Waals surface area contributed by atoms with Gasteiger partial charge in [0.25, 0.3) is 5.91 Å². The summed E-state index contributed by atoms with van der Waals surface area (Å²) in [7, 11) is -2.93. The number of piperazine rings is 1. The smallest absolute Gasteiger partial charge is 0.262 e. The molecule has 0 radical (unpaired) electrons. The summed E-state index contributed by atoms with van der Waals surface area (Å²) in [6.45, 7) is 16.0. The van der Waals surface area contributed by atoms with Crippen LogP contribution in [0.3, 0.4) is 0 Å². The Balaban J connectivity index is 1.19. The molecular weight excluding hydrogens is 732 g/mol. The van der Waals surface area contributed by atoms with Gasteiger partial charge in [-0.3, -0.25) is 19.3 Å². The highest BCUT2D eigenvalue weighted by Crippen LogP contribution is 2.50. The molecule has 0 aromatic heterocycles. The van der Waals surface area contributed by atoms with Crippen LogP contribution in [0.15, 0.2) is 36.4 Å². The maximum Gasteiger partial charge on any atom is 0.262 e. The zero-order chi connectivity index (χ0) is 38.4. The standard InChI is InChI=1S/C44H63ClN4O5S/c1-5-21-54-44(29-47-18-19-48-20-22-52-27-37(48)26-47)17-6-8-31(2)32(3)55(4,51)46-42(50)34-11-15-41-40(24-34)49(25-35-10-13-39(35)44)28-43(30-53-41)16-7-9-33-23-36(45)12-14-38(33)43/h11-12,14-15,23-24,31-32,35,37,39H,4-10,13,16-22,25-30H2,1-3H3,(H,46,50,51)/t31-,32+,35-,37-,39+,43-,44-,55?/m0/s1. The molecule has 2 saturated heterocycles. The maximum absolute atomic E-state index is 14.2. The highest BCUT2D eigenvalue weighted by molar-refractivity contribution is 7.99. The molecule has 1 saturated carbocycles. The predicted octanol–water partition coefficient (Wildman–Crippen LogP) is 6.59. The molecule has 55 heavy (non-hydrogen) atoms. The van der Waals surface area contributed by atoms with Crippen LogP contribution in [0, 0.1) is 17.8 Å². The Morgan fingerprint density at radius 1 is 1.05 bits per heavy atom. The number of carbonyl (C=O) groups is 1. The molecule has 2 bridgehead atoms. The third-order valence-electron chi connectivity index (χ3n) is 14.4. The fraction of sp³-hybridized carbons (Fsp3) is 0.682. The number of nitrogens with zero attached hydrogens (tertiary/aromatic N) is 3. The lowest BCUT2D eigenvalue weighted by Gasteiger charge is -2.54. The second-order valence-electron chi connectivity index (χ2n) is 17.9. The van der Waals surface area contributed by atoms with Crippen molar-refractivity contribution < 1.29 is 23.2 Å². The number of anilines is 1. The molecule has 9 nitrogen and oxygen atoms in total. The summed E-state index contributed by atoms with van der Waals surface area (Å²) in [5.41, 5.74) is 3.55.